The van der Waals surface area contributed by atoms with Gasteiger partial charge in [0.15, 0.2) is 11.5 Å². The highest BCUT2D eigenvalue weighted by Crippen LogP contribution is 2.50. The highest BCUT2D eigenvalue weighted by Gasteiger charge is 2.50. The number of hydrogen-bond acceptors (Lipinski definition) is 4. The van der Waals surface area contributed by atoms with E-state index in [2.05, 4.69) is 55.0 Å². The maximum Gasteiger partial charge on any atom is 0.220 e. The zero-order chi connectivity index (χ0) is 22.1. The molecule has 0 aromatic heterocycles. The lowest BCUT2D eigenvalue weighted by Gasteiger charge is -2.52. The first kappa shape index (κ1) is 23.4. The number of halogens is 1. The fourth-order valence-electron chi connectivity index (χ4n) is 5.27. The Balaban J connectivity index is 1.97. The molecule has 1 aliphatic carbocycles. The van der Waals surface area contributed by atoms with Crippen molar-refractivity contribution in [3.05, 3.63) is 22.2 Å². The van der Waals surface area contributed by atoms with Crippen LogP contribution in [0, 0.1) is 17.8 Å². The van der Waals surface area contributed by atoms with Gasteiger partial charge in [-0.3, -0.25) is 4.79 Å². The molecule has 1 saturated heterocycles. The van der Waals surface area contributed by atoms with Gasteiger partial charge in [-0.1, -0.05) is 43.1 Å². The van der Waals surface area contributed by atoms with Crippen LogP contribution < -0.4 is 14.8 Å². The first-order valence-corrected chi connectivity index (χ1v) is 11.8. The van der Waals surface area contributed by atoms with E-state index in [9.17, 15) is 4.79 Å². The highest BCUT2D eigenvalue weighted by molar-refractivity contribution is 9.10. The van der Waals surface area contributed by atoms with Crippen molar-refractivity contribution in [2.45, 2.75) is 77.5 Å². The molecule has 0 bridgehead atoms. The minimum absolute atomic E-state index is 0.117. The lowest BCUT2D eigenvalue weighted by molar-refractivity contribution is -0.154. The monoisotopic (exact) mass is 481 g/mol. The van der Waals surface area contributed by atoms with Crippen molar-refractivity contribution < 1.29 is 19.0 Å². The quantitative estimate of drug-likeness (QED) is 0.569. The first-order valence-electron chi connectivity index (χ1n) is 11.0. The van der Waals surface area contributed by atoms with Gasteiger partial charge < -0.3 is 19.5 Å². The lowest BCUT2D eigenvalue weighted by atomic mass is 9.66. The Bertz CT molecular complexity index is 768. The Morgan fingerprint density at radius 3 is 2.67 bits per heavy atom. The summed E-state index contributed by atoms with van der Waals surface area (Å²) in [5, 5.41) is 3.42. The Morgan fingerprint density at radius 1 is 1.30 bits per heavy atom. The van der Waals surface area contributed by atoms with Gasteiger partial charge >= 0.3 is 0 Å². The third kappa shape index (κ3) is 4.96. The number of hydrogen-bond donors (Lipinski definition) is 1. The van der Waals surface area contributed by atoms with Crippen molar-refractivity contribution >= 4 is 21.8 Å². The minimum Gasteiger partial charge on any atom is -0.493 e. The summed E-state index contributed by atoms with van der Waals surface area (Å²) in [5.41, 5.74) is 0.644. The average molecular weight is 482 g/mol. The van der Waals surface area contributed by atoms with Crippen molar-refractivity contribution in [2.75, 3.05) is 14.2 Å². The van der Waals surface area contributed by atoms with E-state index >= 15 is 0 Å². The van der Waals surface area contributed by atoms with Crippen LogP contribution in [0.5, 0.6) is 11.5 Å². The van der Waals surface area contributed by atoms with Crippen LogP contribution in [-0.4, -0.2) is 31.8 Å². The predicted molar refractivity (Wildman–Crippen MR) is 122 cm³/mol. The summed E-state index contributed by atoms with van der Waals surface area (Å²) >= 11 is 3.60. The van der Waals surface area contributed by atoms with Crippen LogP contribution in [0.2, 0.25) is 0 Å². The number of carbonyl (C=O) groups excluding carboxylic acids is 1. The van der Waals surface area contributed by atoms with Crippen molar-refractivity contribution in [1.29, 1.82) is 0 Å². The number of ether oxygens (including phenoxy) is 3. The molecule has 6 heteroatoms. The summed E-state index contributed by atoms with van der Waals surface area (Å²) in [7, 11) is 3.30. The maximum atomic E-state index is 12.8. The molecule has 2 aliphatic rings. The normalized spacial score (nSPS) is 31.2. The number of nitrogens with one attached hydrogen (secondary N) is 1. The van der Waals surface area contributed by atoms with Gasteiger partial charge in [0.05, 0.1) is 26.4 Å². The predicted octanol–water partition coefficient (Wildman–Crippen LogP) is 5.65. The van der Waals surface area contributed by atoms with E-state index in [-0.39, 0.29) is 23.7 Å². The largest absolute Gasteiger partial charge is 0.493 e. The Kier molecular flexibility index (Phi) is 7.39. The van der Waals surface area contributed by atoms with Gasteiger partial charge in [0.1, 0.15) is 0 Å². The van der Waals surface area contributed by atoms with Crippen LogP contribution in [0.4, 0.5) is 0 Å². The van der Waals surface area contributed by atoms with E-state index < -0.39 is 0 Å². The maximum absolute atomic E-state index is 12.8. The molecule has 1 aliphatic heterocycles. The van der Waals surface area contributed by atoms with Gasteiger partial charge in [0.2, 0.25) is 5.91 Å². The third-order valence-electron chi connectivity index (χ3n) is 6.66. The Hall–Kier alpha value is -1.27. The van der Waals surface area contributed by atoms with E-state index in [4.69, 9.17) is 14.2 Å². The van der Waals surface area contributed by atoms with Gasteiger partial charge in [0.25, 0.3) is 0 Å². The van der Waals surface area contributed by atoms with Gasteiger partial charge in [-0.2, -0.15) is 0 Å². The van der Waals surface area contributed by atoms with Crippen LogP contribution in [0.25, 0.3) is 0 Å². The molecule has 5 nitrogen and oxygen atoms in total. The summed E-state index contributed by atoms with van der Waals surface area (Å²) in [4.78, 5) is 12.8. The Morgan fingerprint density at radius 2 is 2.03 bits per heavy atom. The molecular formula is C24H36BrNO4. The topological polar surface area (TPSA) is 56.8 Å². The summed E-state index contributed by atoms with van der Waals surface area (Å²) in [6.45, 7) is 8.66. The van der Waals surface area contributed by atoms with Crippen LogP contribution in [0.3, 0.4) is 0 Å². The molecule has 1 N–H and O–H groups in total. The van der Waals surface area contributed by atoms with Crippen molar-refractivity contribution in [2.24, 2.45) is 17.8 Å². The van der Waals surface area contributed by atoms with Gasteiger partial charge in [-0.05, 0) is 43.7 Å². The van der Waals surface area contributed by atoms with Crippen LogP contribution in [0.15, 0.2) is 16.6 Å². The third-order valence-corrected chi connectivity index (χ3v) is 7.12. The number of carbonyl (C=O) groups is 1. The fraction of sp³-hybridized carbons (Fsp3) is 0.708. The van der Waals surface area contributed by atoms with Gasteiger partial charge in [0, 0.05) is 34.3 Å². The average Bonchev–Trinajstić information content (AvgIpc) is 2.65. The van der Waals surface area contributed by atoms with E-state index in [0.29, 0.717) is 42.1 Å². The molecule has 0 spiro atoms. The summed E-state index contributed by atoms with van der Waals surface area (Å²) in [6.07, 6.45) is 4.47. The number of methoxy groups -OCH3 is 2. The molecule has 3 rings (SSSR count). The van der Waals surface area contributed by atoms with E-state index in [1.54, 1.807) is 14.2 Å². The molecule has 168 valence electrons. The number of amides is 1. The van der Waals surface area contributed by atoms with Crippen molar-refractivity contribution in [3.8, 4) is 11.5 Å². The molecule has 1 saturated carbocycles. The molecule has 1 amide bonds. The molecule has 1 aromatic carbocycles. The van der Waals surface area contributed by atoms with E-state index in [1.165, 1.54) is 6.42 Å². The second-order valence-corrected chi connectivity index (χ2v) is 10.6. The molecular weight excluding hydrogens is 446 g/mol. The molecule has 0 radical (unpaired) electrons. The van der Waals surface area contributed by atoms with Crippen molar-refractivity contribution in [3.63, 3.8) is 0 Å². The molecule has 2 fully saturated rings. The lowest BCUT2D eigenvalue weighted by Crippen LogP contribution is -2.60. The fourth-order valence-corrected chi connectivity index (χ4v) is 5.72. The molecule has 1 heterocycles. The highest BCUT2D eigenvalue weighted by atomic mass is 79.9. The second kappa shape index (κ2) is 9.47. The Labute approximate surface area is 189 Å². The number of fused-ring (bicyclic) bond motifs is 1. The van der Waals surface area contributed by atoms with E-state index in [1.807, 2.05) is 6.07 Å². The minimum atomic E-state index is -0.319. The molecule has 1 aromatic rings. The van der Waals surface area contributed by atoms with Crippen molar-refractivity contribution in [1.82, 2.24) is 5.32 Å². The SMILES string of the molecule is COc1cc(Br)cc([C@@H]2C[C@](C)(NC(=O)CC(C)C)[C@H]3CC[C@H](C)C[C@@H]3O2)c1OC. The van der Waals surface area contributed by atoms with Gasteiger partial charge in [-0.25, -0.2) is 0 Å². The molecule has 5 atom stereocenters. The van der Waals surface area contributed by atoms with Gasteiger partial charge in [-0.15, -0.1) is 0 Å². The van der Waals surface area contributed by atoms with Crippen LogP contribution >= 0.6 is 15.9 Å². The molecule has 30 heavy (non-hydrogen) atoms. The number of rotatable bonds is 6. The summed E-state index contributed by atoms with van der Waals surface area (Å²) < 4.78 is 18.9. The molecule has 0 unspecified atom stereocenters. The smallest absolute Gasteiger partial charge is 0.220 e. The standard InChI is InChI=1S/C24H36BrNO4/c1-14(2)9-22(27)26-24(4)13-21(30-19-10-15(3)7-8-18(19)24)17-11-16(25)12-20(28-5)23(17)29-6/h11-12,14-15,18-19,21H,7-10,13H2,1-6H3,(H,26,27)/t15-,18-,19-,21-,24-/m0/s1. The number of benzene rings is 1. The zero-order valence-corrected chi connectivity index (χ0v) is 20.7. The van der Waals surface area contributed by atoms with Crippen LogP contribution in [0.1, 0.15) is 71.5 Å². The summed E-state index contributed by atoms with van der Waals surface area (Å²) in [6, 6.07) is 3.95. The first-order chi connectivity index (χ1) is 14.2. The summed E-state index contributed by atoms with van der Waals surface area (Å²) in [5.74, 6) is 2.78. The second-order valence-electron chi connectivity index (χ2n) is 9.69. The van der Waals surface area contributed by atoms with E-state index in [0.717, 1.165) is 22.9 Å². The van der Waals surface area contributed by atoms with Crippen LogP contribution in [-0.2, 0) is 9.53 Å². The zero-order valence-electron chi connectivity index (χ0n) is 19.1.